The maximum absolute atomic E-state index is 12.4. The number of aryl methyl sites for hydroxylation is 1. The summed E-state index contributed by atoms with van der Waals surface area (Å²) < 4.78 is 5.98. The zero-order valence-electron chi connectivity index (χ0n) is 10.6. The number of rotatable bonds is 6. The summed E-state index contributed by atoms with van der Waals surface area (Å²) in [7, 11) is 1.62. The summed E-state index contributed by atoms with van der Waals surface area (Å²) in [5, 5.41) is 0. The van der Waals surface area contributed by atoms with Gasteiger partial charge >= 0.3 is 0 Å². The molecule has 0 N–H and O–H groups in total. The third-order valence-corrected chi connectivity index (χ3v) is 3.29. The summed E-state index contributed by atoms with van der Waals surface area (Å²) in [6.45, 7) is 3.52. The first-order valence-corrected chi connectivity index (χ1v) is 7.03. The Bertz CT molecular complexity index is 412. The van der Waals surface area contributed by atoms with E-state index < -0.39 is 0 Å². The SMILES string of the molecule is COCCN(CCCl)C(=O)c1ccc(Br)cc1C. The fraction of sp³-hybridized carbons (Fsp3) is 0.462. The van der Waals surface area contributed by atoms with Crippen molar-refractivity contribution in [2.45, 2.75) is 6.92 Å². The van der Waals surface area contributed by atoms with Gasteiger partial charge in [-0.1, -0.05) is 15.9 Å². The molecule has 1 rings (SSSR count). The van der Waals surface area contributed by atoms with Crippen molar-refractivity contribution in [3.63, 3.8) is 0 Å². The van der Waals surface area contributed by atoms with Crippen molar-refractivity contribution in [1.82, 2.24) is 4.90 Å². The molecule has 0 unspecified atom stereocenters. The molecule has 0 aliphatic rings. The summed E-state index contributed by atoms with van der Waals surface area (Å²) in [5.41, 5.74) is 1.66. The van der Waals surface area contributed by atoms with Gasteiger partial charge < -0.3 is 9.64 Å². The van der Waals surface area contributed by atoms with Gasteiger partial charge in [0, 0.05) is 36.1 Å². The molecule has 100 valence electrons. The van der Waals surface area contributed by atoms with Gasteiger partial charge in [0.2, 0.25) is 0 Å². The minimum Gasteiger partial charge on any atom is -0.383 e. The molecule has 3 nitrogen and oxygen atoms in total. The minimum atomic E-state index is -0.00213. The molecule has 18 heavy (non-hydrogen) atoms. The third-order valence-electron chi connectivity index (χ3n) is 2.63. The summed E-state index contributed by atoms with van der Waals surface area (Å²) >= 11 is 9.12. The van der Waals surface area contributed by atoms with Crippen LogP contribution in [0.1, 0.15) is 15.9 Å². The molecule has 0 radical (unpaired) electrons. The number of hydrogen-bond acceptors (Lipinski definition) is 2. The Morgan fingerprint density at radius 2 is 2.17 bits per heavy atom. The van der Waals surface area contributed by atoms with E-state index in [4.69, 9.17) is 16.3 Å². The Hall–Kier alpha value is -0.580. The number of hydrogen-bond donors (Lipinski definition) is 0. The Kier molecular flexibility index (Phi) is 6.68. The van der Waals surface area contributed by atoms with Crippen molar-refractivity contribution in [3.8, 4) is 0 Å². The lowest BCUT2D eigenvalue weighted by Crippen LogP contribution is -2.35. The van der Waals surface area contributed by atoms with E-state index in [0.717, 1.165) is 10.0 Å². The molecule has 0 atom stereocenters. The van der Waals surface area contributed by atoms with E-state index in [-0.39, 0.29) is 5.91 Å². The van der Waals surface area contributed by atoms with Crippen molar-refractivity contribution >= 4 is 33.4 Å². The van der Waals surface area contributed by atoms with Crippen LogP contribution in [0, 0.1) is 6.92 Å². The second kappa shape index (κ2) is 7.77. The van der Waals surface area contributed by atoms with Crippen molar-refractivity contribution in [3.05, 3.63) is 33.8 Å². The van der Waals surface area contributed by atoms with E-state index in [2.05, 4.69) is 15.9 Å². The largest absolute Gasteiger partial charge is 0.383 e. The molecule has 5 heteroatoms. The van der Waals surface area contributed by atoms with Crippen LogP contribution in [0.25, 0.3) is 0 Å². The number of ether oxygens (including phenoxy) is 1. The number of carbonyl (C=O) groups excluding carboxylic acids is 1. The second-order valence-electron chi connectivity index (χ2n) is 3.93. The first-order valence-electron chi connectivity index (χ1n) is 5.70. The fourth-order valence-corrected chi connectivity index (χ4v) is 2.34. The first kappa shape index (κ1) is 15.5. The molecule has 0 heterocycles. The lowest BCUT2D eigenvalue weighted by molar-refractivity contribution is 0.0707. The Labute approximate surface area is 121 Å². The van der Waals surface area contributed by atoms with Crippen LogP contribution >= 0.6 is 27.5 Å². The molecule has 0 saturated carbocycles. The molecule has 0 bridgehead atoms. The number of methoxy groups -OCH3 is 1. The number of halogens is 2. The number of amides is 1. The van der Waals surface area contributed by atoms with Gasteiger partial charge in [-0.25, -0.2) is 0 Å². The lowest BCUT2D eigenvalue weighted by atomic mass is 10.1. The fourth-order valence-electron chi connectivity index (χ4n) is 1.66. The number of benzene rings is 1. The van der Waals surface area contributed by atoms with Crippen molar-refractivity contribution < 1.29 is 9.53 Å². The number of nitrogens with zero attached hydrogens (tertiary/aromatic N) is 1. The highest BCUT2D eigenvalue weighted by Crippen LogP contribution is 2.17. The van der Waals surface area contributed by atoms with Gasteiger partial charge in [-0.2, -0.15) is 0 Å². The molecule has 0 saturated heterocycles. The van der Waals surface area contributed by atoms with Gasteiger partial charge in [0.25, 0.3) is 5.91 Å². The van der Waals surface area contributed by atoms with E-state index in [1.807, 2.05) is 25.1 Å². The molecular weight excluding hydrogens is 318 g/mol. The topological polar surface area (TPSA) is 29.5 Å². The van der Waals surface area contributed by atoms with E-state index >= 15 is 0 Å². The van der Waals surface area contributed by atoms with Crippen LogP contribution in [-0.4, -0.2) is 43.5 Å². The van der Waals surface area contributed by atoms with Gasteiger partial charge in [-0.3, -0.25) is 4.79 Å². The van der Waals surface area contributed by atoms with Crippen LogP contribution < -0.4 is 0 Å². The maximum Gasteiger partial charge on any atom is 0.254 e. The average Bonchev–Trinajstić information content (AvgIpc) is 2.33. The zero-order valence-corrected chi connectivity index (χ0v) is 12.9. The molecule has 0 aliphatic heterocycles. The molecule has 0 aliphatic carbocycles. The molecule has 0 aromatic heterocycles. The quantitative estimate of drug-likeness (QED) is 0.748. The van der Waals surface area contributed by atoms with Crippen LogP contribution in [0.5, 0.6) is 0 Å². The first-order chi connectivity index (χ1) is 8.60. The van der Waals surface area contributed by atoms with Crippen molar-refractivity contribution in [2.75, 3.05) is 32.7 Å². The lowest BCUT2D eigenvalue weighted by Gasteiger charge is -2.22. The van der Waals surface area contributed by atoms with Gasteiger partial charge in [0.05, 0.1) is 6.61 Å². The molecule has 1 aromatic rings. The number of alkyl halides is 1. The summed E-state index contributed by atoms with van der Waals surface area (Å²) in [5.74, 6) is 0.420. The second-order valence-corrected chi connectivity index (χ2v) is 5.23. The van der Waals surface area contributed by atoms with E-state index in [1.54, 1.807) is 12.0 Å². The third kappa shape index (κ3) is 4.26. The average molecular weight is 335 g/mol. The van der Waals surface area contributed by atoms with E-state index in [9.17, 15) is 4.79 Å². The van der Waals surface area contributed by atoms with Crippen LogP contribution in [-0.2, 0) is 4.74 Å². The highest BCUT2D eigenvalue weighted by atomic mass is 79.9. The molecule has 0 spiro atoms. The van der Waals surface area contributed by atoms with Gasteiger partial charge in [0.15, 0.2) is 0 Å². The van der Waals surface area contributed by atoms with Crippen LogP contribution in [0.15, 0.2) is 22.7 Å². The highest BCUT2D eigenvalue weighted by molar-refractivity contribution is 9.10. The van der Waals surface area contributed by atoms with Crippen LogP contribution in [0.4, 0.5) is 0 Å². The predicted molar refractivity (Wildman–Crippen MR) is 77.4 cm³/mol. The van der Waals surface area contributed by atoms with Crippen LogP contribution in [0.2, 0.25) is 0 Å². The Balaban J connectivity index is 2.87. The Morgan fingerprint density at radius 1 is 1.44 bits per heavy atom. The van der Waals surface area contributed by atoms with Gasteiger partial charge in [0.1, 0.15) is 0 Å². The van der Waals surface area contributed by atoms with E-state index in [0.29, 0.717) is 31.1 Å². The summed E-state index contributed by atoms with van der Waals surface area (Å²) in [6, 6.07) is 5.63. The predicted octanol–water partition coefficient (Wildman–Crippen LogP) is 3.08. The normalized spacial score (nSPS) is 10.4. The van der Waals surface area contributed by atoms with Crippen molar-refractivity contribution in [2.24, 2.45) is 0 Å². The monoisotopic (exact) mass is 333 g/mol. The molecular formula is C13H17BrClNO2. The molecule has 1 amide bonds. The zero-order chi connectivity index (χ0) is 13.5. The summed E-state index contributed by atoms with van der Waals surface area (Å²) in [4.78, 5) is 14.1. The minimum absolute atomic E-state index is 0.00213. The molecule has 0 fully saturated rings. The van der Waals surface area contributed by atoms with Gasteiger partial charge in [-0.15, -0.1) is 11.6 Å². The summed E-state index contributed by atoms with van der Waals surface area (Å²) in [6.07, 6.45) is 0. The molecule has 1 aromatic carbocycles. The van der Waals surface area contributed by atoms with Crippen molar-refractivity contribution in [1.29, 1.82) is 0 Å². The van der Waals surface area contributed by atoms with E-state index in [1.165, 1.54) is 0 Å². The standard InChI is InChI=1S/C13H17BrClNO2/c1-10-9-11(14)3-4-12(10)13(17)16(6-5-15)7-8-18-2/h3-4,9H,5-8H2,1-2H3. The number of carbonyl (C=O) groups is 1. The smallest absolute Gasteiger partial charge is 0.254 e. The highest BCUT2D eigenvalue weighted by Gasteiger charge is 2.16. The van der Waals surface area contributed by atoms with Gasteiger partial charge in [-0.05, 0) is 30.7 Å². The maximum atomic E-state index is 12.4. The van der Waals surface area contributed by atoms with Crippen LogP contribution in [0.3, 0.4) is 0 Å². The Morgan fingerprint density at radius 3 is 2.72 bits per heavy atom.